The standard InChI is InChI=1S/C8H19NO4S/c1-7(4-14(3,12)13)9-5-8(2,11)6-10/h7,9-11H,4-6H2,1-3H3. The lowest BCUT2D eigenvalue weighted by Crippen LogP contribution is -2.45. The van der Waals surface area contributed by atoms with Gasteiger partial charge in [0.05, 0.1) is 18.0 Å². The van der Waals surface area contributed by atoms with Crippen LogP contribution >= 0.6 is 0 Å². The SMILES string of the molecule is CC(CS(C)(=O)=O)NCC(C)(O)CO. The van der Waals surface area contributed by atoms with E-state index in [1.54, 1.807) is 6.92 Å². The molecule has 0 amide bonds. The molecule has 0 heterocycles. The first kappa shape index (κ1) is 13.8. The summed E-state index contributed by atoms with van der Waals surface area (Å²) in [5, 5.41) is 21.0. The monoisotopic (exact) mass is 225 g/mol. The van der Waals surface area contributed by atoms with Gasteiger partial charge >= 0.3 is 0 Å². The third-order valence-corrected chi connectivity index (χ3v) is 2.83. The quantitative estimate of drug-likeness (QED) is 0.526. The Labute approximate surface area is 85.1 Å². The number of aliphatic hydroxyl groups excluding tert-OH is 1. The molecule has 0 saturated heterocycles. The first-order valence-electron chi connectivity index (χ1n) is 4.41. The summed E-state index contributed by atoms with van der Waals surface area (Å²) in [4.78, 5) is 0. The fourth-order valence-corrected chi connectivity index (χ4v) is 1.99. The molecule has 6 heteroatoms. The van der Waals surface area contributed by atoms with E-state index in [2.05, 4.69) is 5.32 Å². The molecule has 0 aromatic rings. The molecule has 5 nitrogen and oxygen atoms in total. The highest BCUT2D eigenvalue weighted by molar-refractivity contribution is 7.90. The zero-order valence-electron chi connectivity index (χ0n) is 8.82. The van der Waals surface area contributed by atoms with Crippen LogP contribution in [-0.4, -0.2) is 55.4 Å². The van der Waals surface area contributed by atoms with Gasteiger partial charge in [-0.25, -0.2) is 8.42 Å². The summed E-state index contributed by atoms with van der Waals surface area (Å²) < 4.78 is 21.8. The van der Waals surface area contributed by atoms with Crippen LogP contribution in [0, 0.1) is 0 Å². The van der Waals surface area contributed by atoms with Gasteiger partial charge in [0.25, 0.3) is 0 Å². The van der Waals surface area contributed by atoms with Crippen LogP contribution in [0.4, 0.5) is 0 Å². The van der Waals surface area contributed by atoms with Crippen molar-refractivity contribution in [3.05, 3.63) is 0 Å². The fraction of sp³-hybridized carbons (Fsp3) is 1.00. The molecule has 0 aromatic heterocycles. The average molecular weight is 225 g/mol. The van der Waals surface area contributed by atoms with Gasteiger partial charge in [0.2, 0.25) is 0 Å². The highest BCUT2D eigenvalue weighted by Crippen LogP contribution is 2.00. The van der Waals surface area contributed by atoms with Crippen molar-refractivity contribution in [3.8, 4) is 0 Å². The first-order chi connectivity index (χ1) is 6.16. The Kier molecular flexibility index (Phi) is 5.00. The second kappa shape index (κ2) is 5.06. The van der Waals surface area contributed by atoms with Gasteiger partial charge in [0.15, 0.2) is 0 Å². The Balaban J connectivity index is 3.92. The van der Waals surface area contributed by atoms with Crippen LogP contribution in [0.2, 0.25) is 0 Å². The van der Waals surface area contributed by atoms with E-state index in [9.17, 15) is 13.5 Å². The maximum absolute atomic E-state index is 10.9. The van der Waals surface area contributed by atoms with E-state index in [0.717, 1.165) is 6.26 Å². The van der Waals surface area contributed by atoms with Gasteiger partial charge in [-0.2, -0.15) is 0 Å². The summed E-state index contributed by atoms with van der Waals surface area (Å²) >= 11 is 0. The zero-order chi connectivity index (χ0) is 11.4. The molecule has 0 aliphatic heterocycles. The first-order valence-corrected chi connectivity index (χ1v) is 6.47. The molecule has 0 radical (unpaired) electrons. The number of nitrogens with one attached hydrogen (secondary N) is 1. The minimum absolute atomic E-state index is 0.0223. The molecule has 0 aliphatic rings. The molecular formula is C8H19NO4S. The zero-order valence-corrected chi connectivity index (χ0v) is 9.63. The molecule has 0 bridgehead atoms. The fourth-order valence-electron chi connectivity index (χ4n) is 0.963. The second-order valence-corrected chi connectivity index (χ2v) is 6.21. The normalized spacial score (nSPS) is 18.9. The van der Waals surface area contributed by atoms with Gasteiger partial charge in [-0.05, 0) is 13.8 Å². The summed E-state index contributed by atoms with van der Waals surface area (Å²) in [7, 11) is -3.00. The van der Waals surface area contributed by atoms with Crippen molar-refractivity contribution in [3.63, 3.8) is 0 Å². The molecule has 2 unspecified atom stereocenters. The van der Waals surface area contributed by atoms with Gasteiger partial charge in [0, 0.05) is 18.8 Å². The molecule has 0 rings (SSSR count). The Hall–Kier alpha value is -0.170. The molecular weight excluding hydrogens is 206 g/mol. The number of hydrogen-bond donors (Lipinski definition) is 3. The van der Waals surface area contributed by atoms with E-state index in [1.807, 2.05) is 0 Å². The summed E-state index contributed by atoms with van der Waals surface area (Å²) in [5.41, 5.74) is -1.20. The lowest BCUT2D eigenvalue weighted by atomic mass is 10.1. The van der Waals surface area contributed by atoms with E-state index in [-0.39, 0.29) is 24.9 Å². The Morgan fingerprint density at radius 2 is 2.00 bits per heavy atom. The maximum Gasteiger partial charge on any atom is 0.148 e. The largest absolute Gasteiger partial charge is 0.393 e. The van der Waals surface area contributed by atoms with Crippen molar-refractivity contribution in [2.75, 3.05) is 25.2 Å². The van der Waals surface area contributed by atoms with Crippen molar-refractivity contribution < 1.29 is 18.6 Å². The number of aliphatic hydroxyl groups is 2. The summed E-state index contributed by atoms with van der Waals surface area (Å²) in [6.45, 7) is 3.01. The van der Waals surface area contributed by atoms with Crippen LogP contribution in [-0.2, 0) is 9.84 Å². The number of rotatable bonds is 6. The molecule has 86 valence electrons. The van der Waals surface area contributed by atoms with Gasteiger partial charge < -0.3 is 15.5 Å². The number of sulfone groups is 1. The molecule has 3 N–H and O–H groups in total. The third kappa shape index (κ3) is 7.25. The lowest BCUT2D eigenvalue weighted by molar-refractivity contribution is 0.00152. The highest BCUT2D eigenvalue weighted by atomic mass is 32.2. The van der Waals surface area contributed by atoms with E-state index >= 15 is 0 Å². The van der Waals surface area contributed by atoms with Crippen molar-refractivity contribution in [1.82, 2.24) is 5.32 Å². The van der Waals surface area contributed by atoms with E-state index in [0.29, 0.717) is 0 Å². The van der Waals surface area contributed by atoms with E-state index in [1.165, 1.54) is 6.92 Å². The average Bonchev–Trinajstić information content (AvgIpc) is 1.98. The number of hydrogen-bond acceptors (Lipinski definition) is 5. The van der Waals surface area contributed by atoms with Crippen LogP contribution in [0.3, 0.4) is 0 Å². The minimum atomic E-state index is -3.00. The predicted octanol–water partition coefficient (Wildman–Crippen LogP) is -1.25. The summed E-state index contributed by atoms with van der Waals surface area (Å²) in [6.07, 6.45) is 1.16. The van der Waals surface area contributed by atoms with Crippen molar-refractivity contribution in [1.29, 1.82) is 0 Å². The third-order valence-electron chi connectivity index (χ3n) is 1.72. The van der Waals surface area contributed by atoms with Crippen molar-refractivity contribution in [2.45, 2.75) is 25.5 Å². The van der Waals surface area contributed by atoms with E-state index in [4.69, 9.17) is 5.11 Å². The van der Waals surface area contributed by atoms with Gasteiger partial charge in [0.1, 0.15) is 9.84 Å². The molecule has 14 heavy (non-hydrogen) atoms. The molecule has 2 atom stereocenters. The summed E-state index contributed by atoms with van der Waals surface area (Å²) in [6, 6.07) is -0.233. The minimum Gasteiger partial charge on any atom is -0.393 e. The van der Waals surface area contributed by atoms with Crippen molar-refractivity contribution in [2.24, 2.45) is 0 Å². The van der Waals surface area contributed by atoms with Gasteiger partial charge in [-0.3, -0.25) is 0 Å². The second-order valence-electron chi connectivity index (χ2n) is 4.03. The summed E-state index contributed by atoms with van der Waals surface area (Å²) in [5.74, 6) is 0.0223. The smallest absolute Gasteiger partial charge is 0.148 e. The maximum atomic E-state index is 10.9. The Morgan fingerprint density at radius 1 is 1.50 bits per heavy atom. The Bertz CT molecular complexity index is 261. The Morgan fingerprint density at radius 3 is 2.36 bits per heavy atom. The van der Waals surface area contributed by atoms with Gasteiger partial charge in [-0.15, -0.1) is 0 Å². The highest BCUT2D eigenvalue weighted by Gasteiger charge is 2.20. The molecule has 0 aromatic carbocycles. The van der Waals surface area contributed by atoms with Crippen LogP contribution in [0.5, 0.6) is 0 Å². The molecule has 0 aliphatic carbocycles. The van der Waals surface area contributed by atoms with Crippen LogP contribution < -0.4 is 5.32 Å². The topological polar surface area (TPSA) is 86.6 Å². The predicted molar refractivity (Wildman–Crippen MR) is 54.9 cm³/mol. The van der Waals surface area contributed by atoms with Crippen molar-refractivity contribution >= 4 is 9.84 Å². The molecule has 0 saturated carbocycles. The van der Waals surface area contributed by atoms with Crippen LogP contribution in [0.1, 0.15) is 13.8 Å². The van der Waals surface area contributed by atoms with Crippen LogP contribution in [0.15, 0.2) is 0 Å². The van der Waals surface area contributed by atoms with Gasteiger partial charge in [-0.1, -0.05) is 0 Å². The lowest BCUT2D eigenvalue weighted by Gasteiger charge is -2.23. The van der Waals surface area contributed by atoms with Crippen LogP contribution in [0.25, 0.3) is 0 Å². The van der Waals surface area contributed by atoms with E-state index < -0.39 is 15.4 Å². The molecule has 0 spiro atoms. The molecule has 0 fully saturated rings.